The van der Waals surface area contributed by atoms with Gasteiger partial charge in [0, 0.05) is 31.9 Å². The van der Waals surface area contributed by atoms with Crippen molar-refractivity contribution in [2.45, 2.75) is 59.4 Å². The third-order valence-electron chi connectivity index (χ3n) is 5.20. The molecule has 0 amide bonds. The minimum Gasteiger partial charge on any atom is -0.497 e. The maximum absolute atomic E-state index is 5.21. The summed E-state index contributed by atoms with van der Waals surface area (Å²) in [6.07, 6.45) is 4.20. The molecular weight excluding hydrogens is 489 g/mol. The molecule has 1 atom stereocenters. The smallest absolute Gasteiger partial charge is 0.191 e. The highest BCUT2D eigenvalue weighted by Crippen LogP contribution is 2.14. The summed E-state index contributed by atoms with van der Waals surface area (Å²) in [7, 11) is 3.70. The molecule has 0 aliphatic heterocycles. The Morgan fingerprint density at radius 3 is 2.47 bits per heavy atom. The van der Waals surface area contributed by atoms with Crippen LogP contribution in [0.25, 0.3) is 0 Å². The van der Waals surface area contributed by atoms with E-state index in [0.717, 1.165) is 56.2 Å². The molecule has 1 heterocycles. The minimum atomic E-state index is 0. The molecule has 30 heavy (non-hydrogen) atoms. The maximum Gasteiger partial charge on any atom is 0.191 e. The van der Waals surface area contributed by atoms with Gasteiger partial charge >= 0.3 is 0 Å². The average molecular weight is 527 g/mol. The highest BCUT2D eigenvalue weighted by atomic mass is 127. The molecule has 0 aliphatic rings. The summed E-state index contributed by atoms with van der Waals surface area (Å²) >= 11 is 0. The van der Waals surface area contributed by atoms with Crippen molar-refractivity contribution in [1.29, 1.82) is 0 Å². The molecule has 168 valence electrons. The van der Waals surface area contributed by atoms with E-state index in [1.54, 1.807) is 7.11 Å². The van der Waals surface area contributed by atoms with Crippen LogP contribution in [0.3, 0.4) is 0 Å². The van der Waals surface area contributed by atoms with Crippen molar-refractivity contribution < 1.29 is 4.74 Å². The molecule has 0 bridgehead atoms. The predicted octanol–water partition coefficient (Wildman–Crippen LogP) is 4.17. The Kier molecular flexibility index (Phi) is 11.8. The fourth-order valence-corrected chi connectivity index (χ4v) is 3.45. The summed E-state index contributed by atoms with van der Waals surface area (Å²) < 4.78 is 7.17. The van der Waals surface area contributed by atoms with Crippen molar-refractivity contribution in [2.24, 2.45) is 12.0 Å². The van der Waals surface area contributed by atoms with Crippen LogP contribution in [-0.4, -0.2) is 42.0 Å². The third kappa shape index (κ3) is 8.16. The number of rotatable bonds is 10. The van der Waals surface area contributed by atoms with E-state index in [4.69, 9.17) is 9.73 Å². The van der Waals surface area contributed by atoms with Crippen molar-refractivity contribution in [3.63, 3.8) is 0 Å². The molecule has 2 rings (SSSR count). The van der Waals surface area contributed by atoms with Crippen molar-refractivity contribution in [3.05, 3.63) is 46.8 Å². The fraction of sp³-hybridized carbons (Fsp3) is 0.565. The Balaban J connectivity index is 0.00000450. The molecule has 0 saturated heterocycles. The summed E-state index contributed by atoms with van der Waals surface area (Å²) in [6, 6.07) is 8.60. The number of unbranched alkanes of at least 4 members (excludes halogenated alkanes) is 1. The van der Waals surface area contributed by atoms with Crippen molar-refractivity contribution in [2.75, 3.05) is 20.2 Å². The van der Waals surface area contributed by atoms with E-state index in [9.17, 15) is 0 Å². The maximum atomic E-state index is 5.21. The van der Waals surface area contributed by atoms with E-state index in [2.05, 4.69) is 55.6 Å². The lowest BCUT2D eigenvalue weighted by atomic mass is 10.1. The lowest BCUT2D eigenvalue weighted by molar-refractivity contribution is 0.414. The standard InChI is InChI=1S/C23H37N5O.HI/c1-7-24-23(26-17(2)16-22-18(3)27-28(5)19(22)4)25-15-9-8-10-20-11-13-21(29-6)14-12-20;/h11-14,17H,7-10,15-16H2,1-6H3,(H2,24,25,26);1H. The first-order valence-electron chi connectivity index (χ1n) is 10.6. The van der Waals surface area contributed by atoms with Crippen LogP contribution in [0.5, 0.6) is 5.75 Å². The average Bonchev–Trinajstić information content (AvgIpc) is 2.94. The Labute approximate surface area is 198 Å². The topological polar surface area (TPSA) is 63.5 Å². The van der Waals surface area contributed by atoms with Gasteiger partial charge in [0.25, 0.3) is 0 Å². The van der Waals surface area contributed by atoms with E-state index >= 15 is 0 Å². The number of nitrogens with one attached hydrogen (secondary N) is 2. The monoisotopic (exact) mass is 527 g/mol. The number of benzene rings is 1. The molecule has 0 radical (unpaired) electrons. The molecule has 7 heteroatoms. The Morgan fingerprint density at radius 1 is 1.20 bits per heavy atom. The molecule has 0 aliphatic carbocycles. The first-order valence-corrected chi connectivity index (χ1v) is 10.6. The van der Waals surface area contributed by atoms with Crippen LogP contribution in [-0.2, 0) is 19.9 Å². The molecule has 1 aromatic heterocycles. The van der Waals surface area contributed by atoms with E-state index in [0.29, 0.717) is 0 Å². The zero-order valence-corrected chi connectivity index (χ0v) is 21.6. The number of aliphatic imine (C=N–C) groups is 1. The molecule has 0 fully saturated rings. The van der Waals surface area contributed by atoms with Crippen LogP contribution in [0, 0.1) is 13.8 Å². The second kappa shape index (κ2) is 13.5. The van der Waals surface area contributed by atoms with E-state index in [1.165, 1.54) is 16.8 Å². The molecule has 2 aromatic rings. The van der Waals surface area contributed by atoms with Crippen molar-refractivity contribution >= 4 is 29.9 Å². The van der Waals surface area contributed by atoms with Gasteiger partial charge in [-0.2, -0.15) is 5.10 Å². The quantitative estimate of drug-likeness (QED) is 0.211. The molecule has 2 N–H and O–H groups in total. The van der Waals surface area contributed by atoms with Crippen molar-refractivity contribution in [3.8, 4) is 5.75 Å². The third-order valence-corrected chi connectivity index (χ3v) is 5.20. The first-order chi connectivity index (χ1) is 13.9. The van der Waals surface area contributed by atoms with Gasteiger partial charge in [-0.15, -0.1) is 24.0 Å². The van der Waals surface area contributed by atoms with Crippen LogP contribution >= 0.6 is 24.0 Å². The zero-order valence-electron chi connectivity index (χ0n) is 19.3. The van der Waals surface area contributed by atoms with Gasteiger partial charge in [0.1, 0.15) is 5.75 Å². The van der Waals surface area contributed by atoms with Gasteiger partial charge in [0.2, 0.25) is 0 Å². The molecule has 1 unspecified atom stereocenters. The second-order valence-corrected chi connectivity index (χ2v) is 7.59. The molecule has 0 saturated carbocycles. The lowest BCUT2D eigenvalue weighted by Crippen LogP contribution is -2.43. The van der Waals surface area contributed by atoms with Gasteiger partial charge in [0.05, 0.1) is 12.8 Å². The SMILES string of the molecule is CCNC(=NCCCCc1ccc(OC)cc1)NC(C)Cc1c(C)nn(C)c1C.I. The first kappa shape index (κ1) is 26.3. The van der Waals surface area contributed by atoms with Crippen LogP contribution in [0.2, 0.25) is 0 Å². The molecular formula is C23H38IN5O. The normalized spacial score (nSPS) is 12.3. The van der Waals surface area contributed by atoms with Crippen LogP contribution in [0.1, 0.15) is 49.2 Å². The Morgan fingerprint density at radius 2 is 1.90 bits per heavy atom. The highest BCUT2D eigenvalue weighted by Gasteiger charge is 2.13. The van der Waals surface area contributed by atoms with E-state index in [-0.39, 0.29) is 30.0 Å². The van der Waals surface area contributed by atoms with E-state index < -0.39 is 0 Å². The number of guanidine groups is 1. The fourth-order valence-electron chi connectivity index (χ4n) is 3.45. The number of ether oxygens (including phenoxy) is 1. The number of hydrogen-bond acceptors (Lipinski definition) is 3. The Hall–Kier alpha value is -1.77. The van der Waals surface area contributed by atoms with Crippen LogP contribution in [0.4, 0.5) is 0 Å². The van der Waals surface area contributed by atoms with Crippen LogP contribution in [0.15, 0.2) is 29.3 Å². The summed E-state index contributed by atoms with van der Waals surface area (Å²) in [5.41, 5.74) is 5.01. The summed E-state index contributed by atoms with van der Waals surface area (Å²) in [4.78, 5) is 4.76. The van der Waals surface area contributed by atoms with Gasteiger partial charge in [-0.1, -0.05) is 12.1 Å². The predicted molar refractivity (Wildman–Crippen MR) is 136 cm³/mol. The molecule has 0 spiro atoms. The summed E-state index contributed by atoms with van der Waals surface area (Å²) in [6.45, 7) is 10.2. The van der Waals surface area contributed by atoms with Gasteiger partial charge in [-0.25, -0.2) is 0 Å². The number of aryl methyl sites for hydroxylation is 3. The number of aromatic nitrogens is 2. The number of halogens is 1. The summed E-state index contributed by atoms with van der Waals surface area (Å²) in [5, 5.41) is 11.4. The number of nitrogens with zero attached hydrogens (tertiary/aromatic N) is 3. The molecule has 1 aromatic carbocycles. The Bertz CT molecular complexity index is 786. The number of hydrogen-bond donors (Lipinski definition) is 2. The van der Waals surface area contributed by atoms with Crippen LogP contribution < -0.4 is 15.4 Å². The second-order valence-electron chi connectivity index (χ2n) is 7.59. The lowest BCUT2D eigenvalue weighted by Gasteiger charge is -2.18. The highest BCUT2D eigenvalue weighted by molar-refractivity contribution is 14.0. The van der Waals surface area contributed by atoms with E-state index in [1.807, 2.05) is 23.9 Å². The zero-order chi connectivity index (χ0) is 21.2. The van der Waals surface area contributed by atoms with Gasteiger partial charge in [-0.05, 0) is 76.6 Å². The van der Waals surface area contributed by atoms with Crippen molar-refractivity contribution in [1.82, 2.24) is 20.4 Å². The number of methoxy groups -OCH3 is 1. The largest absolute Gasteiger partial charge is 0.497 e. The summed E-state index contributed by atoms with van der Waals surface area (Å²) in [5.74, 6) is 1.80. The van der Waals surface area contributed by atoms with Gasteiger partial charge in [0.15, 0.2) is 5.96 Å². The molecule has 6 nitrogen and oxygen atoms in total. The van der Waals surface area contributed by atoms with Gasteiger partial charge < -0.3 is 15.4 Å². The van der Waals surface area contributed by atoms with Gasteiger partial charge in [-0.3, -0.25) is 9.67 Å². The minimum absolute atomic E-state index is 0.